The third-order valence-electron chi connectivity index (χ3n) is 7.06. The van der Waals surface area contributed by atoms with E-state index in [1.165, 1.54) is 57.8 Å². The molecular formula is C18H33O3P. The maximum absolute atomic E-state index is 12.8. The molecule has 0 aromatic rings. The van der Waals surface area contributed by atoms with E-state index in [1.54, 1.807) is 0 Å². The van der Waals surface area contributed by atoms with Crippen LogP contribution in [-0.2, 0) is 4.57 Å². The highest BCUT2D eigenvalue weighted by atomic mass is 31.2. The Hall–Kier alpha value is 0.150. The van der Waals surface area contributed by atoms with Crippen molar-refractivity contribution in [3.8, 4) is 0 Å². The molecule has 0 radical (unpaired) electrons. The van der Waals surface area contributed by atoms with Crippen molar-refractivity contribution in [3.63, 3.8) is 0 Å². The van der Waals surface area contributed by atoms with E-state index in [1.807, 2.05) is 0 Å². The predicted octanol–water partition coefficient (Wildman–Crippen LogP) is 5.25. The Bertz CT molecular complexity index is 407. The molecule has 3 aliphatic carbocycles. The van der Waals surface area contributed by atoms with Gasteiger partial charge in [0, 0.05) is 0 Å². The molecule has 3 nitrogen and oxygen atoms in total. The maximum atomic E-state index is 12.8. The summed E-state index contributed by atoms with van der Waals surface area (Å²) in [7, 11) is -4.06. The molecule has 4 heteroatoms. The van der Waals surface area contributed by atoms with Crippen molar-refractivity contribution in [1.29, 1.82) is 0 Å². The summed E-state index contributed by atoms with van der Waals surface area (Å²) in [4.78, 5) is 20.9. The molecule has 0 heterocycles. The minimum Gasteiger partial charge on any atom is -0.324 e. The number of hydrogen-bond acceptors (Lipinski definition) is 1. The van der Waals surface area contributed by atoms with Crippen molar-refractivity contribution in [3.05, 3.63) is 0 Å². The molecule has 0 aromatic heterocycles. The van der Waals surface area contributed by atoms with Crippen LogP contribution < -0.4 is 0 Å². The van der Waals surface area contributed by atoms with Gasteiger partial charge in [-0.1, -0.05) is 64.2 Å². The zero-order valence-electron chi connectivity index (χ0n) is 13.9. The summed E-state index contributed by atoms with van der Waals surface area (Å²) in [6.07, 6.45) is 16.0. The average Bonchev–Trinajstić information content (AvgIpc) is 2.55. The van der Waals surface area contributed by atoms with E-state index in [0.29, 0.717) is 5.92 Å². The van der Waals surface area contributed by atoms with Gasteiger partial charge < -0.3 is 9.79 Å². The van der Waals surface area contributed by atoms with Crippen molar-refractivity contribution in [2.75, 3.05) is 0 Å². The molecule has 0 saturated heterocycles. The van der Waals surface area contributed by atoms with E-state index >= 15 is 0 Å². The smallest absolute Gasteiger partial charge is 0.324 e. The van der Waals surface area contributed by atoms with Gasteiger partial charge in [0.1, 0.15) is 0 Å². The van der Waals surface area contributed by atoms with Crippen LogP contribution in [-0.4, -0.2) is 14.9 Å². The summed E-state index contributed by atoms with van der Waals surface area (Å²) in [5.41, 5.74) is 0. The molecule has 2 N–H and O–H groups in total. The van der Waals surface area contributed by atoms with Gasteiger partial charge in [-0.2, -0.15) is 0 Å². The Morgan fingerprint density at radius 3 is 1.86 bits per heavy atom. The fourth-order valence-corrected chi connectivity index (χ4v) is 8.05. The van der Waals surface area contributed by atoms with E-state index < -0.39 is 12.8 Å². The Labute approximate surface area is 135 Å². The molecule has 2 unspecified atom stereocenters. The molecule has 0 aromatic carbocycles. The second kappa shape index (κ2) is 6.95. The van der Waals surface area contributed by atoms with Gasteiger partial charge in [0.25, 0.3) is 0 Å². The first kappa shape index (κ1) is 17.0. The van der Waals surface area contributed by atoms with Crippen molar-refractivity contribution < 1.29 is 14.4 Å². The molecule has 2 atom stereocenters. The first-order valence-electron chi connectivity index (χ1n) is 9.61. The van der Waals surface area contributed by atoms with Gasteiger partial charge in [0.15, 0.2) is 0 Å². The van der Waals surface area contributed by atoms with Gasteiger partial charge in [-0.05, 0) is 43.4 Å². The highest BCUT2D eigenvalue weighted by molar-refractivity contribution is 7.53. The third-order valence-corrected chi connectivity index (χ3v) is 9.06. The average molecular weight is 328 g/mol. The molecule has 0 bridgehead atoms. The number of rotatable bonds is 3. The minimum atomic E-state index is -4.06. The minimum absolute atomic E-state index is 0.273. The third kappa shape index (κ3) is 3.06. The van der Waals surface area contributed by atoms with Gasteiger partial charge in [-0.3, -0.25) is 4.57 Å². The van der Waals surface area contributed by atoms with Crippen LogP contribution in [0, 0.1) is 17.8 Å². The lowest BCUT2D eigenvalue weighted by molar-refractivity contribution is 0.0695. The van der Waals surface area contributed by atoms with Gasteiger partial charge in [-0.25, -0.2) is 0 Å². The summed E-state index contributed by atoms with van der Waals surface area (Å²) in [6, 6.07) is 0. The van der Waals surface area contributed by atoms with Crippen LogP contribution in [0.5, 0.6) is 0 Å². The Morgan fingerprint density at radius 1 is 0.727 bits per heavy atom. The van der Waals surface area contributed by atoms with Crippen molar-refractivity contribution >= 4 is 7.60 Å². The second-order valence-electron chi connectivity index (χ2n) is 8.12. The molecule has 3 rings (SSSR count). The van der Waals surface area contributed by atoms with Gasteiger partial charge in [0.2, 0.25) is 0 Å². The first-order chi connectivity index (χ1) is 10.6. The topological polar surface area (TPSA) is 57.5 Å². The summed E-state index contributed by atoms with van der Waals surface area (Å²) in [6.45, 7) is 0. The first-order valence-corrected chi connectivity index (χ1v) is 11.2. The monoisotopic (exact) mass is 328 g/mol. The SMILES string of the molecule is O=P(O)(O)C1(C2CCCCC2)CCCCC1C1CCCCC1. The molecule has 22 heavy (non-hydrogen) atoms. The molecule has 3 fully saturated rings. The van der Waals surface area contributed by atoms with Crippen LogP contribution in [0.1, 0.15) is 89.9 Å². The molecule has 3 aliphatic rings. The van der Waals surface area contributed by atoms with E-state index in [9.17, 15) is 14.4 Å². The Balaban J connectivity index is 1.94. The second-order valence-corrected chi connectivity index (χ2v) is 10.0. The maximum Gasteiger partial charge on any atom is 0.332 e. The normalized spacial score (nSPS) is 36.4. The van der Waals surface area contributed by atoms with Crippen LogP contribution in [0.25, 0.3) is 0 Å². The molecular weight excluding hydrogens is 295 g/mol. The van der Waals surface area contributed by atoms with E-state index in [4.69, 9.17) is 0 Å². The van der Waals surface area contributed by atoms with Crippen LogP contribution >= 0.6 is 7.60 Å². The van der Waals surface area contributed by atoms with Crippen molar-refractivity contribution in [2.45, 2.75) is 95.0 Å². The predicted molar refractivity (Wildman–Crippen MR) is 89.9 cm³/mol. The molecule has 0 amide bonds. The van der Waals surface area contributed by atoms with E-state index in [2.05, 4.69) is 0 Å². The molecule has 3 saturated carbocycles. The number of hydrogen-bond donors (Lipinski definition) is 2. The van der Waals surface area contributed by atoms with Crippen molar-refractivity contribution in [1.82, 2.24) is 0 Å². The van der Waals surface area contributed by atoms with E-state index in [-0.39, 0.29) is 11.8 Å². The summed E-state index contributed by atoms with van der Waals surface area (Å²) in [5, 5.41) is -0.673. The summed E-state index contributed by atoms with van der Waals surface area (Å²) >= 11 is 0. The molecule has 128 valence electrons. The molecule has 0 aliphatic heterocycles. The highest BCUT2D eigenvalue weighted by Gasteiger charge is 2.59. The fraction of sp³-hybridized carbons (Fsp3) is 1.00. The zero-order valence-corrected chi connectivity index (χ0v) is 14.8. The van der Waals surface area contributed by atoms with Gasteiger partial charge in [-0.15, -0.1) is 0 Å². The van der Waals surface area contributed by atoms with Crippen LogP contribution in [0.4, 0.5) is 0 Å². The molecule has 0 spiro atoms. The van der Waals surface area contributed by atoms with Crippen molar-refractivity contribution in [2.24, 2.45) is 17.8 Å². The lowest BCUT2D eigenvalue weighted by Crippen LogP contribution is -2.50. The fourth-order valence-electron chi connectivity index (χ4n) is 6.10. The summed E-state index contributed by atoms with van der Waals surface area (Å²) in [5.74, 6) is 1.13. The summed E-state index contributed by atoms with van der Waals surface area (Å²) < 4.78 is 12.8. The van der Waals surface area contributed by atoms with E-state index in [0.717, 1.165) is 32.1 Å². The van der Waals surface area contributed by atoms with Crippen LogP contribution in [0.2, 0.25) is 0 Å². The lowest BCUT2D eigenvalue weighted by Gasteiger charge is -2.53. The van der Waals surface area contributed by atoms with Crippen LogP contribution in [0.15, 0.2) is 0 Å². The quantitative estimate of drug-likeness (QED) is 0.695. The Morgan fingerprint density at radius 2 is 1.27 bits per heavy atom. The van der Waals surface area contributed by atoms with Gasteiger partial charge >= 0.3 is 7.60 Å². The van der Waals surface area contributed by atoms with Crippen LogP contribution in [0.3, 0.4) is 0 Å². The highest BCUT2D eigenvalue weighted by Crippen LogP contribution is 2.67. The zero-order chi connectivity index (χ0) is 15.6. The standard InChI is InChI=1S/C18H33O3P/c19-22(20,21)18(16-11-5-2-6-12-16)14-8-7-13-17(18)15-9-3-1-4-10-15/h15-17H,1-14H2,(H2,19,20,21). The van der Waals surface area contributed by atoms with Gasteiger partial charge in [0.05, 0.1) is 5.16 Å². The largest absolute Gasteiger partial charge is 0.332 e. The Kier molecular flexibility index (Phi) is 5.37. The lowest BCUT2D eigenvalue weighted by atomic mass is 9.61.